The minimum Gasteiger partial charge on any atom is -0.228 e. The third kappa shape index (κ3) is 5.64. The minimum atomic E-state index is 0.661. The Labute approximate surface area is 280 Å². The Morgan fingerprint density at radius 2 is 0.854 bits per heavy atom. The number of hydrogen-bond donors (Lipinski definition) is 0. The Balaban J connectivity index is 1.19. The first-order chi connectivity index (χ1) is 23.7. The summed E-state index contributed by atoms with van der Waals surface area (Å²) in [5, 5.41) is 11.7. The van der Waals surface area contributed by atoms with Crippen LogP contribution < -0.4 is 0 Å². The average molecular weight is 612 g/mol. The molecule has 224 valence electrons. The maximum absolute atomic E-state index is 9.33. The van der Waals surface area contributed by atoms with Crippen LogP contribution >= 0.6 is 0 Å². The molecule has 0 radical (unpaired) electrons. The highest BCUT2D eigenvalue weighted by Gasteiger charge is 2.14. The van der Waals surface area contributed by atoms with Crippen LogP contribution in [0, 0.1) is 11.3 Å². The fraction of sp³-hybridized carbons (Fsp3) is 0. The second-order valence-corrected chi connectivity index (χ2v) is 11.8. The van der Waals surface area contributed by atoms with Gasteiger partial charge in [0.1, 0.15) is 0 Å². The summed E-state index contributed by atoms with van der Waals surface area (Å²) in [4.78, 5) is 10.1. The van der Waals surface area contributed by atoms with E-state index < -0.39 is 0 Å². The van der Waals surface area contributed by atoms with Gasteiger partial charge in [-0.05, 0) is 68.4 Å². The van der Waals surface area contributed by atoms with Gasteiger partial charge in [-0.1, -0.05) is 152 Å². The lowest BCUT2D eigenvalue weighted by Gasteiger charge is -2.14. The van der Waals surface area contributed by atoms with E-state index in [-0.39, 0.29) is 0 Å². The van der Waals surface area contributed by atoms with Gasteiger partial charge in [0.15, 0.2) is 5.82 Å². The van der Waals surface area contributed by atoms with Crippen molar-refractivity contribution in [3.63, 3.8) is 0 Å². The van der Waals surface area contributed by atoms with Crippen molar-refractivity contribution >= 4 is 10.8 Å². The highest BCUT2D eigenvalue weighted by Crippen LogP contribution is 2.38. The Kier molecular flexibility index (Phi) is 7.59. The van der Waals surface area contributed by atoms with Gasteiger partial charge in [-0.25, -0.2) is 9.97 Å². The Morgan fingerprint density at radius 3 is 1.48 bits per heavy atom. The van der Waals surface area contributed by atoms with Crippen LogP contribution in [0.4, 0.5) is 0 Å². The molecule has 48 heavy (non-hydrogen) atoms. The molecule has 0 fully saturated rings. The number of nitrogens with zero attached hydrogens (tertiary/aromatic N) is 3. The number of nitriles is 1. The van der Waals surface area contributed by atoms with Crippen molar-refractivity contribution in [2.75, 3.05) is 0 Å². The molecule has 0 amide bonds. The monoisotopic (exact) mass is 611 g/mol. The standard InChI is InChI=1S/C45H29N3/c46-30-31-11-9-16-36(27-31)32-21-23-33(24-22-32)39-25-26-40(42-20-8-7-19-41(39)42)37-17-10-18-38(28-37)45-47-43(34-12-3-1-4-13-34)29-44(48-45)35-14-5-2-6-15-35/h1-29H. The minimum absolute atomic E-state index is 0.661. The fourth-order valence-corrected chi connectivity index (χ4v) is 6.33. The van der Waals surface area contributed by atoms with E-state index in [2.05, 4.69) is 121 Å². The zero-order chi connectivity index (χ0) is 32.3. The highest BCUT2D eigenvalue weighted by molar-refractivity contribution is 6.05. The molecule has 0 saturated carbocycles. The van der Waals surface area contributed by atoms with E-state index in [1.165, 1.54) is 16.3 Å². The molecule has 0 bridgehead atoms. The van der Waals surface area contributed by atoms with Crippen molar-refractivity contribution in [1.82, 2.24) is 9.97 Å². The van der Waals surface area contributed by atoms with Gasteiger partial charge in [0.2, 0.25) is 0 Å². The summed E-state index contributed by atoms with van der Waals surface area (Å²) in [6.45, 7) is 0. The molecule has 1 heterocycles. The van der Waals surface area contributed by atoms with Crippen molar-refractivity contribution in [1.29, 1.82) is 5.26 Å². The van der Waals surface area contributed by atoms with Crippen LogP contribution in [-0.2, 0) is 0 Å². The van der Waals surface area contributed by atoms with E-state index >= 15 is 0 Å². The Bertz CT molecular complexity index is 2380. The summed E-state index contributed by atoms with van der Waals surface area (Å²) >= 11 is 0. The van der Waals surface area contributed by atoms with Crippen LogP contribution in [-0.4, -0.2) is 9.97 Å². The summed E-state index contributed by atoms with van der Waals surface area (Å²) in [5.41, 5.74) is 12.2. The van der Waals surface area contributed by atoms with Crippen molar-refractivity contribution < 1.29 is 0 Å². The third-order valence-electron chi connectivity index (χ3n) is 8.74. The molecule has 0 atom stereocenters. The van der Waals surface area contributed by atoms with Crippen LogP contribution in [0.1, 0.15) is 5.56 Å². The molecule has 7 aromatic carbocycles. The number of benzene rings is 7. The molecule has 3 heteroatoms. The van der Waals surface area contributed by atoms with Gasteiger partial charge in [0.25, 0.3) is 0 Å². The molecule has 3 nitrogen and oxygen atoms in total. The van der Waals surface area contributed by atoms with E-state index in [1.807, 2.05) is 60.7 Å². The van der Waals surface area contributed by atoms with Crippen molar-refractivity contribution in [2.24, 2.45) is 0 Å². The normalized spacial score (nSPS) is 10.9. The first-order valence-corrected chi connectivity index (χ1v) is 16.0. The largest absolute Gasteiger partial charge is 0.228 e. The van der Waals surface area contributed by atoms with Crippen LogP contribution in [0.25, 0.3) is 78.1 Å². The molecule has 8 rings (SSSR count). The van der Waals surface area contributed by atoms with Gasteiger partial charge in [-0.15, -0.1) is 0 Å². The smallest absolute Gasteiger partial charge is 0.160 e. The average Bonchev–Trinajstić information content (AvgIpc) is 3.18. The van der Waals surface area contributed by atoms with E-state index in [9.17, 15) is 5.26 Å². The first-order valence-electron chi connectivity index (χ1n) is 16.0. The molecule has 0 unspecified atom stereocenters. The van der Waals surface area contributed by atoms with Gasteiger partial charge in [-0.3, -0.25) is 0 Å². The molecule has 0 N–H and O–H groups in total. The lowest BCUT2D eigenvalue weighted by atomic mass is 9.91. The van der Waals surface area contributed by atoms with E-state index in [0.29, 0.717) is 11.4 Å². The summed E-state index contributed by atoms with van der Waals surface area (Å²) < 4.78 is 0. The maximum Gasteiger partial charge on any atom is 0.160 e. The van der Waals surface area contributed by atoms with Crippen LogP contribution in [0.15, 0.2) is 176 Å². The number of aromatic nitrogens is 2. The van der Waals surface area contributed by atoms with Crippen LogP contribution in [0.3, 0.4) is 0 Å². The number of rotatable bonds is 6. The number of fused-ring (bicyclic) bond motifs is 1. The van der Waals surface area contributed by atoms with Gasteiger partial charge in [-0.2, -0.15) is 5.26 Å². The van der Waals surface area contributed by atoms with E-state index in [0.717, 1.165) is 55.9 Å². The van der Waals surface area contributed by atoms with Crippen molar-refractivity contribution in [2.45, 2.75) is 0 Å². The summed E-state index contributed by atoms with van der Waals surface area (Å²) in [6.07, 6.45) is 0. The maximum atomic E-state index is 9.33. The summed E-state index contributed by atoms with van der Waals surface area (Å²) in [7, 11) is 0. The second kappa shape index (κ2) is 12.6. The third-order valence-corrected chi connectivity index (χ3v) is 8.74. The predicted molar refractivity (Wildman–Crippen MR) is 197 cm³/mol. The summed E-state index contributed by atoms with van der Waals surface area (Å²) in [6, 6.07) is 62.8. The lowest BCUT2D eigenvalue weighted by Crippen LogP contribution is -1.96. The Hall–Kier alpha value is -6.63. The van der Waals surface area contributed by atoms with Crippen molar-refractivity contribution in [3.8, 4) is 73.4 Å². The molecule has 0 aliphatic heterocycles. The van der Waals surface area contributed by atoms with E-state index in [1.54, 1.807) is 0 Å². The zero-order valence-electron chi connectivity index (χ0n) is 26.1. The Morgan fingerprint density at radius 1 is 0.354 bits per heavy atom. The molecule has 0 saturated heterocycles. The molecular weight excluding hydrogens is 583 g/mol. The van der Waals surface area contributed by atoms with Crippen LogP contribution in [0.5, 0.6) is 0 Å². The van der Waals surface area contributed by atoms with Gasteiger partial charge >= 0.3 is 0 Å². The SMILES string of the molecule is N#Cc1cccc(-c2ccc(-c3ccc(-c4cccc(-c5nc(-c6ccccc6)cc(-c6ccccc6)n5)c4)c4ccccc34)cc2)c1. The highest BCUT2D eigenvalue weighted by atomic mass is 14.9. The predicted octanol–water partition coefficient (Wildman–Crippen LogP) is 11.5. The molecule has 8 aromatic rings. The zero-order valence-corrected chi connectivity index (χ0v) is 26.1. The fourth-order valence-electron chi connectivity index (χ4n) is 6.33. The summed E-state index contributed by atoms with van der Waals surface area (Å²) in [5.74, 6) is 0.693. The molecule has 0 spiro atoms. The van der Waals surface area contributed by atoms with Crippen molar-refractivity contribution in [3.05, 3.63) is 181 Å². The molecule has 0 aliphatic carbocycles. The molecular formula is C45H29N3. The quantitative estimate of drug-likeness (QED) is 0.188. The topological polar surface area (TPSA) is 49.6 Å². The second-order valence-electron chi connectivity index (χ2n) is 11.8. The van der Waals surface area contributed by atoms with E-state index in [4.69, 9.17) is 9.97 Å². The molecule has 0 aliphatic rings. The van der Waals surface area contributed by atoms with Crippen LogP contribution in [0.2, 0.25) is 0 Å². The first kappa shape index (κ1) is 28.8. The lowest BCUT2D eigenvalue weighted by molar-refractivity contribution is 1.18. The van der Waals surface area contributed by atoms with Gasteiger partial charge < -0.3 is 0 Å². The molecule has 1 aromatic heterocycles. The van der Waals surface area contributed by atoms with Gasteiger partial charge in [0.05, 0.1) is 23.0 Å². The number of hydrogen-bond acceptors (Lipinski definition) is 3. The van der Waals surface area contributed by atoms with Gasteiger partial charge in [0, 0.05) is 16.7 Å².